The van der Waals surface area contributed by atoms with Gasteiger partial charge in [-0.3, -0.25) is 0 Å². The predicted octanol–water partition coefficient (Wildman–Crippen LogP) is -2.82. The van der Waals surface area contributed by atoms with E-state index < -0.39 is 0 Å². The molecule has 12 heavy (non-hydrogen) atoms. The topological polar surface area (TPSA) is 41.5 Å². The summed E-state index contributed by atoms with van der Waals surface area (Å²) >= 11 is 0. The first-order valence-electron chi connectivity index (χ1n) is 3.86. The van der Waals surface area contributed by atoms with Crippen molar-refractivity contribution < 1.29 is 66.0 Å². The first-order valence-corrected chi connectivity index (χ1v) is 3.86. The maximum Gasteiger partial charge on any atom is 1.00 e. The Morgan fingerprint density at radius 3 is 2.08 bits per heavy atom. The quantitative estimate of drug-likeness (QED) is 0.355. The Labute approximate surface area is 117 Å². The van der Waals surface area contributed by atoms with Crippen molar-refractivity contribution >= 4 is 0 Å². The van der Waals surface area contributed by atoms with Crippen LogP contribution in [0.1, 0.15) is 20.8 Å². The Morgan fingerprint density at radius 2 is 1.67 bits per heavy atom. The van der Waals surface area contributed by atoms with Gasteiger partial charge in [-0.2, -0.15) is 0 Å². The van der Waals surface area contributed by atoms with Crippen LogP contribution >= 0.6 is 0 Å². The molecular formula is C8H17KO3. The summed E-state index contributed by atoms with van der Waals surface area (Å²) in [6.45, 7) is 7.15. The summed E-state index contributed by atoms with van der Waals surface area (Å²) in [7, 11) is 0. The number of hydrogen-bond acceptors (Lipinski definition) is 3. The van der Waals surface area contributed by atoms with Gasteiger partial charge in [-0.25, -0.2) is 0 Å². The van der Waals surface area contributed by atoms with E-state index in [0.717, 1.165) is 0 Å². The smallest absolute Gasteiger partial charge is 0.853 e. The zero-order valence-electron chi connectivity index (χ0n) is 8.55. The number of rotatable bonds is 5. The fourth-order valence-corrected chi connectivity index (χ4v) is 0.568. The third-order valence-corrected chi connectivity index (χ3v) is 0.990. The van der Waals surface area contributed by atoms with Gasteiger partial charge in [0.25, 0.3) is 0 Å². The van der Waals surface area contributed by atoms with Crippen LogP contribution < -0.4 is 56.5 Å². The fourth-order valence-electron chi connectivity index (χ4n) is 0.568. The normalized spacial score (nSPS) is 11.0. The predicted molar refractivity (Wildman–Crippen MR) is 41.4 cm³/mol. The van der Waals surface area contributed by atoms with Crippen molar-refractivity contribution in [3.63, 3.8) is 0 Å². The van der Waals surface area contributed by atoms with Crippen LogP contribution in [0.5, 0.6) is 0 Å². The van der Waals surface area contributed by atoms with Crippen LogP contribution in [-0.4, -0.2) is 32.0 Å². The Kier molecular flexibility index (Phi) is 12.1. The van der Waals surface area contributed by atoms with Crippen LogP contribution in [-0.2, 0) is 9.47 Å². The molecule has 0 aliphatic rings. The molecule has 0 aromatic rings. The number of hydrogen-bond donors (Lipinski definition) is 0. The monoisotopic (exact) mass is 200 g/mol. The van der Waals surface area contributed by atoms with Crippen LogP contribution in [0.25, 0.3) is 0 Å². The number of ether oxygens (including phenoxy) is 2. The second-order valence-corrected chi connectivity index (χ2v) is 3.28. The summed E-state index contributed by atoms with van der Waals surface area (Å²) in [5.41, 5.74) is -0.110. The molecule has 0 atom stereocenters. The zero-order valence-corrected chi connectivity index (χ0v) is 11.7. The average Bonchev–Trinajstić information content (AvgIpc) is 1.85. The average molecular weight is 200 g/mol. The summed E-state index contributed by atoms with van der Waals surface area (Å²) in [4.78, 5) is 0. The summed E-state index contributed by atoms with van der Waals surface area (Å²) in [5, 5.41) is 9.92. The first kappa shape index (κ1) is 16.0. The molecule has 0 unspecified atom stereocenters. The van der Waals surface area contributed by atoms with E-state index in [1.54, 1.807) is 0 Å². The molecule has 0 spiro atoms. The maximum absolute atomic E-state index is 9.92. The third-order valence-electron chi connectivity index (χ3n) is 0.990. The van der Waals surface area contributed by atoms with Gasteiger partial charge in [0.15, 0.2) is 0 Å². The Bertz CT molecular complexity index is 90.8. The van der Waals surface area contributed by atoms with Gasteiger partial charge in [0.05, 0.1) is 18.8 Å². The van der Waals surface area contributed by atoms with Crippen LogP contribution in [0, 0.1) is 0 Å². The standard InChI is InChI=1S/C8H17O3.K/c1-8(2,3)11-7-6-10-5-4-9;/h4-7H2,1-3H3;/q-1;+1. The molecule has 0 amide bonds. The van der Waals surface area contributed by atoms with Crippen LogP contribution in [0.2, 0.25) is 0 Å². The Morgan fingerprint density at radius 1 is 1.08 bits per heavy atom. The van der Waals surface area contributed by atoms with Crippen molar-refractivity contribution in [2.45, 2.75) is 26.4 Å². The summed E-state index contributed by atoms with van der Waals surface area (Å²) in [6, 6.07) is 0. The van der Waals surface area contributed by atoms with E-state index in [0.29, 0.717) is 13.2 Å². The molecule has 0 aromatic heterocycles. The van der Waals surface area contributed by atoms with E-state index in [1.807, 2.05) is 20.8 Å². The van der Waals surface area contributed by atoms with Gasteiger partial charge in [-0.05, 0) is 20.8 Å². The minimum absolute atomic E-state index is 0. The van der Waals surface area contributed by atoms with Gasteiger partial charge in [-0.1, -0.05) is 0 Å². The first-order chi connectivity index (χ1) is 5.06. The minimum Gasteiger partial charge on any atom is -0.853 e. The van der Waals surface area contributed by atoms with Gasteiger partial charge < -0.3 is 14.6 Å². The molecular weight excluding hydrogens is 183 g/mol. The molecule has 0 aliphatic heterocycles. The SMILES string of the molecule is CC(C)(C)OCCOCC[O-].[K+]. The molecule has 68 valence electrons. The molecule has 0 saturated heterocycles. The zero-order chi connectivity index (χ0) is 8.74. The van der Waals surface area contributed by atoms with Crippen molar-refractivity contribution in [3.05, 3.63) is 0 Å². The second-order valence-electron chi connectivity index (χ2n) is 3.28. The van der Waals surface area contributed by atoms with E-state index in [2.05, 4.69) is 0 Å². The molecule has 0 fully saturated rings. The largest absolute Gasteiger partial charge is 1.00 e. The van der Waals surface area contributed by atoms with E-state index >= 15 is 0 Å². The molecule has 0 rings (SSSR count). The Hall–Kier alpha value is 1.52. The van der Waals surface area contributed by atoms with Gasteiger partial charge in [-0.15, -0.1) is 6.61 Å². The molecule has 0 N–H and O–H groups in total. The van der Waals surface area contributed by atoms with Crippen LogP contribution in [0.3, 0.4) is 0 Å². The molecule has 0 heterocycles. The van der Waals surface area contributed by atoms with Crippen LogP contribution in [0.15, 0.2) is 0 Å². The summed E-state index contributed by atoms with van der Waals surface area (Å²) in [6.07, 6.45) is 0. The van der Waals surface area contributed by atoms with Gasteiger partial charge in [0.2, 0.25) is 0 Å². The molecule has 0 aromatic carbocycles. The van der Waals surface area contributed by atoms with E-state index in [-0.39, 0.29) is 70.2 Å². The fraction of sp³-hybridized carbons (Fsp3) is 1.00. The van der Waals surface area contributed by atoms with Gasteiger partial charge >= 0.3 is 51.4 Å². The molecule has 0 bridgehead atoms. The maximum atomic E-state index is 9.92. The molecule has 0 saturated carbocycles. The third kappa shape index (κ3) is 14.1. The van der Waals surface area contributed by atoms with Crippen molar-refractivity contribution in [2.24, 2.45) is 0 Å². The molecule has 0 aliphatic carbocycles. The van der Waals surface area contributed by atoms with Gasteiger partial charge in [0.1, 0.15) is 0 Å². The van der Waals surface area contributed by atoms with Crippen molar-refractivity contribution in [1.29, 1.82) is 0 Å². The summed E-state index contributed by atoms with van der Waals surface area (Å²) < 4.78 is 10.3. The van der Waals surface area contributed by atoms with Crippen molar-refractivity contribution in [1.82, 2.24) is 0 Å². The molecule has 4 heteroatoms. The van der Waals surface area contributed by atoms with Crippen molar-refractivity contribution in [2.75, 3.05) is 26.4 Å². The van der Waals surface area contributed by atoms with Crippen molar-refractivity contribution in [3.8, 4) is 0 Å². The van der Waals surface area contributed by atoms with Gasteiger partial charge in [0, 0.05) is 6.61 Å². The van der Waals surface area contributed by atoms with E-state index in [4.69, 9.17) is 9.47 Å². The second kappa shape index (κ2) is 9.09. The summed E-state index contributed by atoms with van der Waals surface area (Å²) in [5.74, 6) is 0. The van der Waals surface area contributed by atoms with E-state index in [1.165, 1.54) is 0 Å². The molecule has 3 nitrogen and oxygen atoms in total. The molecule has 0 radical (unpaired) electrons. The van der Waals surface area contributed by atoms with Crippen LogP contribution in [0.4, 0.5) is 0 Å². The minimum atomic E-state index is -0.171. The van der Waals surface area contributed by atoms with E-state index in [9.17, 15) is 5.11 Å². The Balaban J connectivity index is 0.